The molecule has 2 N–H and O–H groups in total. The van der Waals surface area contributed by atoms with Crippen LogP contribution < -0.4 is 10.5 Å². The molecule has 1 heterocycles. The normalized spacial score (nSPS) is 10.9. The van der Waals surface area contributed by atoms with Crippen LogP contribution in [0.2, 0.25) is 0 Å². The summed E-state index contributed by atoms with van der Waals surface area (Å²) in [6.07, 6.45) is 0. The topological polar surface area (TPSA) is 51.4 Å². The lowest BCUT2D eigenvalue weighted by Crippen LogP contribution is -2.24. The highest BCUT2D eigenvalue weighted by Crippen LogP contribution is 2.16. The summed E-state index contributed by atoms with van der Waals surface area (Å²) in [6, 6.07) is 7.90. The smallest absolute Gasteiger partial charge is 0.123 e. The number of aromatic nitrogens is 1. The van der Waals surface area contributed by atoms with E-state index in [1.807, 2.05) is 29.8 Å². The summed E-state index contributed by atoms with van der Waals surface area (Å²) >= 11 is 1.62. The highest BCUT2D eigenvalue weighted by atomic mass is 32.1. The quantitative estimate of drug-likeness (QED) is 0.842. The fraction of sp³-hybridized carbons (Fsp3) is 0.357. The fourth-order valence-corrected chi connectivity index (χ4v) is 2.35. The third-order valence-corrected chi connectivity index (χ3v) is 3.47. The Bertz CT molecular complexity index is 487. The Morgan fingerprint density at radius 1 is 1.37 bits per heavy atom. The van der Waals surface area contributed by atoms with Gasteiger partial charge in [-0.25, -0.2) is 4.98 Å². The van der Waals surface area contributed by atoms with Crippen LogP contribution in [-0.2, 0) is 13.1 Å². The van der Waals surface area contributed by atoms with Crippen LogP contribution in [0.5, 0.6) is 5.75 Å². The molecule has 0 amide bonds. The van der Waals surface area contributed by atoms with Gasteiger partial charge in [-0.05, 0) is 13.1 Å². The number of hydrogen-bond donors (Lipinski definition) is 1. The molecule has 19 heavy (non-hydrogen) atoms. The number of likely N-dealkylation sites (N-methyl/N-ethyl adjacent to an activating group) is 1. The van der Waals surface area contributed by atoms with Crippen molar-refractivity contribution in [2.45, 2.75) is 13.1 Å². The second-order valence-corrected chi connectivity index (χ2v) is 5.10. The molecule has 0 unspecified atom stereocenters. The summed E-state index contributed by atoms with van der Waals surface area (Å²) < 4.78 is 5.78. The van der Waals surface area contributed by atoms with Gasteiger partial charge in [-0.1, -0.05) is 18.2 Å². The molecule has 1 aromatic heterocycles. The van der Waals surface area contributed by atoms with Crippen molar-refractivity contribution in [3.8, 4) is 5.75 Å². The number of thiazole rings is 1. The molecule has 5 heteroatoms. The van der Waals surface area contributed by atoms with Crippen LogP contribution in [0.1, 0.15) is 11.3 Å². The molecule has 4 nitrogen and oxygen atoms in total. The number of rotatable bonds is 7. The van der Waals surface area contributed by atoms with Crippen molar-refractivity contribution < 1.29 is 4.74 Å². The van der Waals surface area contributed by atoms with Crippen molar-refractivity contribution in [3.05, 3.63) is 46.4 Å². The maximum Gasteiger partial charge on any atom is 0.123 e. The van der Waals surface area contributed by atoms with E-state index in [1.165, 1.54) is 0 Å². The van der Waals surface area contributed by atoms with Gasteiger partial charge in [0.05, 0.1) is 11.2 Å². The molecule has 2 aromatic rings. The largest absolute Gasteiger partial charge is 0.492 e. The fourth-order valence-electron chi connectivity index (χ4n) is 1.80. The lowest BCUT2D eigenvalue weighted by atomic mass is 10.2. The highest BCUT2D eigenvalue weighted by Gasteiger charge is 2.04. The number of nitrogens with zero attached hydrogens (tertiary/aromatic N) is 2. The van der Waals surface area contributed by atoms with E-state index in [1.54, 1.807) is 11.3 Å². The van der Waals surface area contributed by atoms with Crippen molar-refractivity contribution in [2.75, 3.05) is 20.2 Å². The molecule has 0 saturated heterocycles. The molecular formula is C14H19N3OS. The van der Waals surface area contributed by atoms with E-state index in [9.17, 15) is 0 Å². The van der Waals surface area contributed by atoms with Gasteiger partial charge < -0.3 is 10.5 Å². The zero-order chi connectivity index (χ0) is 13.5. The van der Waals surface area contributed by atoms with Gasteiger partial charge in [0.25, 0.3) is 0 Å². The van der Waals surface area contributed by atoms with E-state index in [4.69, 9.17) is 10.5 Å². The second kappa shape index (κ2) is 7.23. The number of ether oxygens (including phenoxy) is 1. The minimum absolute atomic E-state index is 0.505. The van der Waals surface area contributed by atoms with E-state index < -0.39 is 0 Å². The second-order valence-electron chi connectivity index (χ2n) is 4.38. The third kappa shape index (κ3) is 4.31. The van der Waals surface area contributed by atoms with E-state index in [-0.39, 0.29) is 0 Å². The van der Waals surface area contributed by atoms with Crippen molar-refractivity contribution in [3.63, 3.8) is 0 Å². The van der Waals surface area contributed by atoms with Crippen LogP contribution in [0.3, 0.4) is 0 Å². The Morgan fingerprint density at radius 2 is 2.21 bits per heavy atom. The molecule has 0 atom stereocenters. The zero-order valence-corrected chi connectivity index (χ0v) is 11.9. The van der Waals surface area contributed by atoms with Crippen molar-refractivity contribution in [2.24, 2.45) is 5.73 Å². The minimum Gasteiger partial charge on any atom is -0.492 e. The van der Waals surface area contributed by atoms with Crippen LogP contribution in [0.4, 0.5) is 0 Å². The molecule has 0 bridgehead atoms. The van der Waals surface area contributed by atoms with Crippen LogP contribution in [-0.4, -0.2) is 30.1 Å². The van der Waals surface area contributed by atoms with E-state index >= 15 is 0 Å². The molecule has 0 saturated carbocycles. The molecule has 0 spiro atoms. The van der Waals surface area contributed by atoms with Gasteiger partial charge in [0.15, 0.2) is 0 Å². The molecule has 1 aromatic carbocycles. The van der Waals surface area contributed by atoms with Gasteiger partial charge in [-0.15, -0.1) is 11.3 Å². The summed E-state index contributed by atoms with van der Waals surface area (Å²) in [7, 11) is 2.07. The average Bonchev–Trinajstić information content (AvgIpc) is 2.92. The molecule has 0 aliphatic rings. The van der Waals surface area contributed by atoms with Crippen LogP contribution in [0.15, 0.2) is 35.2 Å². The van der Waals surface area contributed by atoms with Gasteiger partial charge in [0.1, 0.15) is 12.4 Å². The standard InChI is InChI=1S/C14H19N3OS/c1-17(9-13-10-19-11-16-13)6-7-18-14-5-3-2-4-12(14)8-15/h2-5,10-11H,6-9,15H2,1H3. The van der Waals surface area contributed by atoms with E-state index in [0.29, 0.717) is 13.2 Å². The molecule has 0 radical (unpaired) electrons. The Balaban J connectivity index is 1.76. The highest BCUT2D eigenvalue weighted by molar-refractivity contribution is 7.07. The Labute approximate surface area is 117 Å². The summed E-state index contributed by atoms with van der Waals surface area (Å²) in [5.74, 6) is 0.882. The molecule has 102 valence electrons. The van der Waals surface area contributed by atoms with E-state index in [2.05, 4.69) is 22.3 Å². The zero-order valence-electron chi connectivity index (χ0n) is 11.1. The SMILES string of the molecule is CN(CCOc1ccccc1CN)Cc1cscn1. The first-order valence-corrected chi connectivity index (χ1v) is 7.20. The average molecular weight is 277 g/mol. The maximum absolute atomic E-state index is 5.78. The Kier molecular flexibility index (Phi) is 5.32. The van der Waals surface area contributed by atoms with Gasteiger partial charge in [-0.2, -0.15) is 0 Å². The Morgan fingerprint density at radius 3 is 2.95 bits per heavy atom. The predicted octanol–water partition coefficient (Wildman–Crippen LogP) is 2.11. The van der Waals surface area contributed by atoms with E-state index in [0.717, 1.165) is 30.1 Å². The first-order chi connectivity index (χ1) is 9.29. The maximum atomic E-state index is 5.78. The van der Waals surface area contributed by atoms with Crippen LogP contribution in [0.25, 0.3) is 0 Å². The van der Waals surface area contributed by atoms with Crippen LogP contribution >= 0.6 is 11.3 Å². The van der Waals surface area contributed by atoms with Gasteiger partial charge in [0.2, 0.25) is 0 Å². The molecular weight excluding hydrogens is 258 g/mol. The summed E-state index contributed by atoms with van der Waals surface area (Å²) in [6.45, 7) is 2.87. The monoisotopic (exact) mass is 277 g/mol. The number of benzene rings is 1. The van der Waals surface area contributed by atoms with Crippen molar-refractivity contribution in [1.29, 1.82) is 0 Å². The first-order valence-electron chi connectivity index (χ1n) is 6.26. The van der Waals surface area contributed by atoms with Gasteiger partial charge in [0, 0.05) is 30.6 Å². The minimum atomic E-state index is 0.505. The Hall–Kier alpha value is -1.43. The lowest BCUT2D eigenvalue weighted by Gasteiger charge is -2.16. The molecule has 0 fully saturated rings. The molecule has 0 aliphatic carbocycles. The van der Waals surface area contributed by atoms with Crippen molar-refractivity contribution in [1.82, 2.24) is 9.88 Å². The predicted molar refractivity (Wildman–Crippen MR) is 78.3 cm³/mol. The summed E-state index contributed by atoms with van der Waals surface area (Å²) in [4.78, 5) is 6.46. The summed E-state index contributed by atoms with van der Waals surface area (Å²) in [5, 5.41) is 2.07. The van der Waals surface area contributed by atoms with Gasteiger partial charge in [-0.3, -0.25) is 4.90 Å². The first kappa shape index (κ1) is 14.0. The van der Waals surface area contributed by atoms with Crippen molar-refractivity contribution >= 4 is 11.3 Å². The number of nitrogens with two attached hydrogens (primary N) is 1. The molecule has 2 rings (SSSR count). The molecule has 0 aliphatic heterocycles. The number of hydrogen-bond acceptors (Lipinski definition) is 5. The van der Waals surface area contributed by atoms with Crippen LogP contribution in [0, 0.1) is 0 Å². The number of para-hydroxylation sites is 1. The summed E-state index contributed by atoms with van der Waals surface area (Å²) in [5.41, 5.74) is 9.69. The van der Waals surface area contributed by atoms with Gasteiger partial charge >= 0.3 is 0 Å². The third-order valence-electron chi connectivity index (χ3n) is 2.84. The lowest BCUT2D eigenvalue weighted by molar-refractivity contribution is 0.230.